The number of hydrogen-bond acceptors (Lipinski definition) is 4. The Bertz CT molecular complexity index is 671. The predicted octanol–water partition coefficient (Wildman–Crippen LogP) is 0.795. The van der Waals surface area contributed by atoms with Crippen molar-refractivity contribution in [1.29, 1.82) is 0 Å². The first-order valence-corrected chi connectivity index (χ1v) is 7.31. The molecule has 8 heteroatoms. The van der Waals surface area contributed by atoms with Crippen LogP contribution in [-0.2, 0) is 13.6 Å². The molecule has 21 heavy (non-hydrogen) atoms. The molecule has 2 aromatic heterocycles. The summed E-state index contributed by atoms with van der Waals surface area (Å²) in [7, 11) is 1.69. The summed E-state index contributed by atoms with van der Waals surface area (Å²) < 4.78 is 2.85. The summed E-state index contributed by atoms with van der Waals surface area (Å²) in [6.07, 6.45) is 1.59. The molecule has 2 amide bonds. The fraction of sp³-hybridized carbons (Fsp3) is 0.308. The minimum absolute atomic E-state index is 0.202. The fourth-order valence-electron chi connectivity index (χ4n) is 1.76. The van der Waals surface area contributed by atoms with Crippen LogP contribution in [0.1, 0.15) is 0 Å². The van der Waals surface area contributed by atoms with Gasteiger partial charge in [0.05, 0.1) is 11.4 Å². The van der Waals surface area contributed by atoms with Gasteiger partial charge in [-0.25, -0.2) is 14.3 Å². The van der Waals surface area contributed by atoms with E-state index in [9.17, 15) is 9.59 Å². The van der Waals surface area contributed by atoms with Gasteiger partial charge in [0.2, 0.25) is 0 Å². The van der Waals surface area contributed by atoms with Gasteiger partial charge in [0.25, 0.3) is 0 Å². The lowest BCUT2D eigenvalue weighted by atomic mass is 10.4. The number of hydrogen-bond donors (Lipinski definition) is 2. The van der Waals surface area contributed by atoms with E-state index in [1.165, 1.54) is 20.6 Å². The Hall–Kier alpha value is -2.35. The number of carbonyl (C=O) groups excluding carboxylic acids is 1. The smallest absolute Gasteiger partial charge is 0.336 e. The Kier molecular flexibility index (Phi) is 4.94. The fourth-order valence-corrected chi connectivity index (χ4v) is 2.50. The summed E-state index contributed by atoms with van der Waals surface area (Å²) in [5, 5.41) is 11.5. The number of nitrogens with zero attached hydrogens (tertiary/aromatic N) is 3. The molecule has 7 nitrogen and oxygen atoms in total. The van der Waals surface area contributed by atoms with Crippen LogP contribution in [0, 0.1) is 0 Å². The standard InChI is InChI=1S/C13H17N5O2S/c1-3-6-14-12(19)15-7-8-18-13(20)17(2)11(16-18)10-5-4-9-21-10/h3-5,9H,1,6-8H2,2H3,(H2,14,15,19). The van der Waals surface area contributed by atoms with Crippen LogP contribution in [0.3, 0.4) is 0 Å². The van der Waals surface area contributed by atoms with Gasteiger partial charge in [-0.3, -0.25) is 4.57 Å². The van der Waals surface area contributed by atoms with Crippen molar-refractivity contribution in [3.63, 3.8) is 0 Å². The van der Waals surface area contributed by atoms with Gasteiger partial charge >= 0.3 is 11.7 Å². The first-order chi connectivity index (χ1) is 10.1. The van der Waals surface area contributed by atoms with E-state index in [-0.39, 0.29) is 11.7 Å². The molecule has 2 rings (SSSR count). The van der Waals surface area contributed by atoms with Crippen molar-refractivity contribution in [2.45, 2.75) is 6.54 Å². The molecule has 2 aromatic rings. The molecule has 0 aliphatic rings. The Morgan fingerprint density at radius 2 is 2.33 bits per heavy atom. The van der Waals surface area contributed by atoms with Gasteiger partial charge < -0.3 is 10.6 Å². The molecule has 0 unspecified atom stereocenters. The van der Waals surface area contributed by atoms with Crippen molar-refractivity contribution in [3.05, 3.63) is 40.7 Å². The average Bonchev–Trinajstić information content (AvgIpc) is 3.08. The maximum Gasteiger partial charge on any atom is 0.346 e. The van der Waals surface area contributed by atoms with Crippen LogP contribution in [0.25, 0.3) is 10.7 Å². The second-order valence-electron chi connectivity index (χ2n) is 4.29. The number of urea groups is 1. The van der Waals surface area contributed by atoms with Gasteiger partial charge in [-0.15, -0.1) is 23.0 Å². The SMILES string of the molecule is C=CCNC(=O)NCCn1nc(-c2cccs2)n(C)c1=O. The normalized spacial score (nSPS) is 10.3. The van der Waals surface area contributed by atoms with Crippen molar-refractivity contribution in [2.75, 3.05) is 13.1 Å². The highest BCUT2D eigenvalue weighted by molar-refractivity contribution is 7.13. The second-order valence-corrected chi connectivity index (χ2v) is 5.24. The summed E-state index contributed by atoms with van der Waals surface area (Å²) in [6, 6.07) is 3.53. The van der Waals surface area contributed by atoms with Crippen LogP contribution in [0.2, 0.25) is 0 Å². The van der Waals surface area contributed by atoms with E-state index in [1.807, 2.05) is 17.5 Å². The highest BCUT2D eigenvalue weighted by Crippen LogP contribution is 2.20. The first-order valence-electron chi connectivity index (χ1n) is 6.43. The molecule has 0 saturated carbocycles. The zero-order valence-corrected chi connectivity index (χ0v) is 12.5. The van der Waals surface area contributed by atoms with E-state index >= 15 is 0 Å². The zero-order chi connectivity index (χ0) is 15.2. The number of amides is 2. The number of nitrogens with one attached hydrogen (secondary N) is 2. The van der Waals surface area contributed by atoms with Crippen LogP contribution in [0.5, 0.6) is 0 Å². The Balaban J connectivity index is 1.99. The molecule has 0 aliphatic carbocycles. The molecule has 0 saturated heterocycles. The minimum Gasteiger partial charge on any atom is -0.336 e. The van der Waals surface area contributed by atoms with Crippen LogP contribution in [-0.4, -0.2) is 33.5 Å². The van der Waals surface area contributed by atoms with E-state index in [2.05, 4.69) is 22.3 Å². The number of thiophene rings is 1. The number of carbonyl (C=O) groups is 1. The quantitative estimate of drug-likeness (QED) is 0.774. The second kappa shape index (κ2) is 6.89. The third-order valence-corrected chi connectivity index (χ3v) is 3.66. The summed E-state index contributed by atoms with van der Waals surface area (Å²) in [5.74, 6) is 0.631. The monoisotopic (exact) mass is 307 g/mol. The maximum atomic E-state index is 12.1. The van der Waals surface area contributed by atoms with Gasteiger partial charge in [0, 0.05) is 20.1 Å². The summed E-state index contributed by atoms with van der Waals surface area (Å²) in [5.41, 5.74) is -0.202. The predicted molar refractivity (Wildman–Crippen MR) is 82.4 cm³/mol. The molecule has 0 atom stereocenters. The van der Waals surface area contributed by atoms with E-state index in [4.69, 9.17) is 0 Å². The first kappa shape index (κ1) is 15.0. The van der Waals surface area contributed by atoms with E-state index in [1.54, 1.807) is 13.1 Å². The molecule has 112 valence electrons. The molecular formula is C13H17N5O2S. The summed E-state index contributed by atoms with van der Waals surface area (Å²) >= 11 is 1.53. The Morgan fingerprint density at radius 3 is 3.00 bits per heavy atom. The van der Waals surface area contributed by atoms with Crippen molar-refractivity contribution in [2.24, 2.45) is 7.05 Å². The van der Waals surface area contributed by atoms with Crippen molar-refractivity contribution < 1.29 is 4.79 Å². The molecule has 2 N–H and O–H groups in total. The molecular weight excluding hydrogens is 290 g/mol. The van der Waals surface area contributed by atoms with Crippen LogP contribution < -0.4 is 16.3 Å². The highest BCUT2D eigenvalue weighted by atomic mass is 32.1. The third kappa shape index (κ3) is 3.60. The van der Waals surface area contributed by atoms with Gasteiger partial charge in [-0.1, -0.05) is 12.1 Å². The summed E-state index contributed by atoms with van der Waals surface area (Å²) in [6.45, 7) is 4.55. The van der Waals surface area contributed by atoms with Gasteiger partial charge in [-0.2, -0.15) is 0 Å². The lowest BCUT2D eigenvalue weighted by molar-refractivity contribution is 0.241. The minimum atomic E-state index is -0.294. The van der Waals surface area contributed by atoms with Gasteiger partial charge in [0.15, 0.2) is 5.82 Å². The van der Waals surface area contributed by atoms with Crippen molar-refractivity contribution >= 4 is 17.4 Å². The molecule has 0 bridgehead atoms. The lowest BCUT2D eigenvalue weighted by Gasteiger charge is -2.04. The van der Waals surface area contributed by atoms with E-state index in [0.717, 1.165) is 4.88 Å². The molecule has 2 heterocycles. The zero-order valence-electron chi connectivity index (χ0n) is 11.7. The lowest BCUT2D eigenvalue weighted by Crippen LogP contribution is -2.38. The Morgan fingerprint density at radius 1 is 1.52 bits per heavy atom. The summed E-state index contributed by atoms with van der Waals surface area (Å²) in [4.78, 5) is 24.3. The van der Waals surface area contributed by atoms with E-state index < -0.39 is 0 Å². The van der Waals surface area contributed by atoms with Crippen LogP contribution in [0.15, 0.2) is 35.0 Å². The number of rotatable bonds is 6. The maximum absolute atomic E-state index is 12.1. The topological polar surface area (TPSA) is 81.0 Å². The molecule has 0 fully saturated rings. The molecule has 0 radical (unpaired) electrons. The van der Waals surface area contributed by atoms with Crippen molar-refractivity contribution in [1.82, 2.24) is 25.0 Å². The van der Waals surface area contributed by atoms with Crippen molar-refractivity contribution in [3.8, 4) is 10.7 Å². The molecule has 0 aliphatic heterocycles. The van der Waals surface area contributed by atoms with Gasteiger partial charge in [-0.05, 0) is 11.4 Å². The Labute approximate surface area is 125 Å². The van der Waals surface area contributed by atoms with Gasteiger partial charge in [0.1, 0.15) is 0 Å². The molecule has 0 spiro atoms. The van der Waals surface area contributed by atoms with Crippen LogP contribution in [0.4, 0.5) is 4.79 Å². The average molecular weight is 307 g/mol. The number of aromatic nitrogens is 3. The largest absolute Gasteiger partial charge is 0.346 e. The third-order valence-electron chi connectivity index (χ3n) is 2.80. The van der Waals surface area contributed by atoms with E-state index in [0.29, 0.717) is 25.5 Å². The van der Waals surface area contributed by atoms with Crippen LogP contribution >= 0.6 is 11.3 Å². The highest BCUT2D eigenvalue weighted by Gasteiger charge is 2.12. The molecule has 0 aromatic carbocycles.